The van der Waals surface area contributed by atoms with Crippen molar-refractivity contribution in [3.05, 3.63) is 64.3 Å². The van der Waals surface area contributed by atoms with Crippen LogP contribution in [0.3, 0.4) is 0 Å². The fourth-order valence-electron chi connectivity index (χ4n) is 3.79. The lowest BCUT2D eigenvalue weighted by Crippen LogP contribution is -2.38. The van der Waals surface area contributed by atoms with Gasteiger partial charge in [-0.25, -0.2) is 0 Å². The minimum Gasteiger partial charge on any atom is -0.339 e. The smallest absolute Gasteiger partial charge is 0.255 e. The largest absolute Gasteiger partial charge is 0.339 e. The van der Waals surface area contributed by atoms with Gasteiger partial charge in [-0.2, -0.15) is 5.10 Å². The van der Waals surface area contributed by atoms with Gasteiger partial charge in [-0.05, 0) is 44.1 Å². The third-order valence-corrected chi connectivity index (χ3v) is 5.81. The molecule has 0 saturated carbocycles. The number of hydrogen-bond donors (Lipinski definition) is 1. The number of benzene rings is 1. The summed E-state index contributed by atoms with van der Waals surface area (Å²) in [5.74, 6) is 1.35. The summed E-state index contributed by atoms with van der Waals surface area (Å²) in [6, 6.07) is 13.8. The maximum absolute atomic E-state index is 13.0. The molecule has 6 nitrogen and oxygen atoms in total. The molecular weight excluding hydrogens is 370 g/mol. The first kappa shape index (κ1) is 18.6. The van der Waals surface area contributed by atoms with Crippen LogP contribution in [0.25, 0.3) is 11.3 Å². The Hall–Kier alpha value is -2.80. The van der Waals surface area contributed by atoms with Gasteiger partial charge in [-0.3, -0.25) is 14.9 Å². The molecule has 1 N–H and O–H groups in total. The molecule has 28 heavy (non-hydrogen) atoms. The number of likely N-dealkylation sites (tertiary alicyclic amines) is 1. The van der Waals surface area contributed by atoms with Crippen molar-refractivity contribution in [1.82, 2.24) is 24.6 Å². The van der Waals surface area contributed by atoms with Crippen LogP contribution in [0.4, 0.5) is 0 Å². The summed E-state index contributed by atoms with van der Waals surface area (Å²) in [6.45, 7) is 3.33. The number of nitrogens with zero attached hydrogens (tertiary/aromatic N) is 4. The first-order chi connectivity index (χ1) is 13.5. The number of carbonyl (C=O) groups excluding carboxylic acids is 1. The highest BCUT2D eigenvalue weighted by Crippen LogP contribution is 2.28. The molecule has 7 heteroatoms. The molecule has 1 saturated heterocycles. The molecule has 0 atom stereocenters. The zero-order valence-electron chi connectivity index (χ0n) is 16.1. The highest BCUT2D eigenvalue weighted by molar-refractivity contribution is 7.71. The molecule has 4 rings (SSSR count). The van der Waals surface area contributed by atoms with Crippen molar-refractivity contribution in [1.29, 1.82) is 0 Å². The number of rotatable bonds is 3. The fraction of sp³-hybridized carbons (Fsp3) is 0.333. The Kier molecular flexibility index (Phi) is 5.09. The molecule has 1 aromatic carbocycles. The summed E-state index contributed by atoms with van der Waals surface area (Å²) < 4.78 is 2.56. The molecule has 0 unspecified atom stereocenters. The van der Waals surface area contributed by atoms with Gasteiger partial charge >= 0.3 is 0 Å². The van der Waals surface area contributed by atoms with Gasteiger partial charge in [0.25, 0.3) is 5.91 Å². The lowest BCUT2D eigenvalue weighted by molar-refractivity contribution is 0.0709. The Balaban J connectivity index is 1.47. The second-order valence-corrected chi connectivity index (χ2v) is 7.59. The predicted octanol–water partition coefficient (Wildman–Crippen LogP) is 3.87. The van der Waals surface area contributed by atoms with Gasteiger partial charge in [-0.1, -0.05) is 30.3 Å². The SMILES string of the molecule is Cc1nc(-c2ccccc2)ccc1C(=O)N1CCC(c2n[nH]c(=S)n2C)CC1. The average Bonchev–Trinajstić information content (AvgIpc) is 3.07. The Bertz CT molecular complexity index is 1050. The van der Waals surface area contributed by atoms with Crippen molar-refractivity contribution in [3.63, 3.8) is 0 Å². The fourth-order valence-corrected chi connectivity index (χ4v) is 3.93. The molecule has 2 aromatic heterocycles. The van der Waals surface area contributed by atoms with Gasteiger partial charge in [0.05, 0.1) is 17.0 Å². The summed E-state index contributed by atoms with van der Waals surface area (Å²) in [5.41, 5.74) is 3.39. The number of H-pyrrole nitrogens is 1. The third kappa shape index (κ3) is 3.49. The van der Waals surface area contributed by atoms with Crippen LogP contribution in [0, 0.1) is 11.7 Å². The molecule has 1 amide bonds. The van der Waals surface area contributed by atoms with E-state index in [2.05, 4.69) is 15.2 Å². The van der Waals surface area contributed by atoms with Gasteiger partial charge in [0.1, 0.15) is 5.82 Å². The van der Waals surface area contributed by atoms with Crippen molar-refractivity contribution < 1.29 is 4.79 Å². The van der Waals surface area contributed by atoms with E-state index >= 15 is 0 Å². The highest BCUT2D eigenvalue weighted by Gasteiger charge is 2.28. The molecule has 0 spiro atoms. The van der Waals surface area contributed by atoms with Crippen molar-refractivity contribution in [2.24, 2.45) is 7.05 Å². The zero-order valence-corrected chi connectivity index (χ0v) is 16.9. The second-order valence-electron chi connectivity index (χ2n) is 7.21. The molecule has 0 radical (unpaired) electrons. The minimum atomic E-state index is 0.0541. The van der Waals surface area contributed by atoms with Gasteiger partial charge in [0.2, 0.25) is 0 Å². The number of aromatic amines is 1. The van der Waals surface area contributed by atoms with Crippen LogP contribution in [-0.4, -0.2) is 43.6 Å². The van der Waals surface area contributed by atoms with E-state index in [1.165, 1.54) is 0 Å². The van der Waals surface area contributed by atoms with Crippen molar-refractivity contribution >= 4 is 18.1 Å². The second kappa shape index (κ2) is 7.67. The first-order valence-electron chi connectivity index (χ1n) is 9.48. The van der Waals surface area contributed by atoms with Crippen LogP contribution in [0.5, 0.6) is 0 Å². The number of amides is 1. The van der Waals surface area contributed by atoms with E-state index in [-0.39, 0.29) is 5.91 Å². The zero-order chi connectivity index (χ0) is 19.7. The number of carbonyl (C=O) groups is 1. The standard InChI is InChI=1S/C21H23N5OS/c1-14-17(8-9-18(22-14)15-6-4-3-5-7-15)20(27)26-12-10-16(11-13-26)19-23-24-21(28)25(19)2/h3-9,16H,10-13H2,1-2H3,(H,24,28). The molecule has 0 bridgehead atoms. The number of aromatic nitrogens is 4. The van der Waals surface area contributed by atoms with E-state index < -0.39 is 0 Å². The van der Waals surface area contributed by atoms with E-state index in [0.29, 0.717) is 29.3 Å². The van der Waals surface area contributed by atoms with Crippen molar-refractivity contribution in [3.8, 4) is 11.3 Å². The maximum atomic E-state index is 13.0. The monoisotopic (exact) mass is 393 g/mol. The van der Waals surface area contributed by atoms with Crippen LogP contribution in [0.15, 0.2) is 42.5 Å². The van der Waals surface area contributed by atoms with Crippen LogP contribution < -0.4 is 0 Å². The van der Waals surface area contributed by atoms with Crippen molar-refractivity contribution in [2.75, 3.05) is 13.1 Å². The maximum Gasteiger partial charge on any atom is 0.255 e. The van der Waals surface area contributed by atoms with Crippen molar-refractivity contribution in [2.45, 2.75) is 25.7 Å². The third-order valence-electron chi connectivity index (χ3n) is 5.45. The number of hydrogen-bond acceptors (Lipinski definition) is 4. The number of nitrogens with one attached hydrogen (secondary N) is 1. The summed E-state index contributed by atoms with van der Waals surface area (Å²) >= 11 is 5.21. The van der Waals surface area contributed by atoms with E-state index in [9.17, 15) is 4.79 Å². The lowest BCUT2D eigenvalue weighted by atomic mass is 9.95. The Morgan fingerprint density at radius 3 is 2.46 bits per heavy atom. The Labute approximate surface area is 169 Å². The summed E-state index contributed by atoms with van der Waals surface area (Å²) in [5, 5.41) is 7.20. The summed E-state index contributed by atoms with van der Waals surface area (Å²) in [6.07, 6.45) is 1.77. The molecule has 3 aromatic rings. The van der Waals surface area contributed by atoms with Crippen LogP contribution in [0.1, 0.15) is 40.6 Å². The predicted molar refractivity (Wildman–Crippen MR) is 111 cm³/mol. The summed E-state index contributed by atoms with van der Waals surface area (Å²) in [4.78, 5) is 19.6. The first-order valence-corrected chi connectivity index (χ1v) is 9.89. The Morgan fingerprint density at radius 1 is 1.14 bits per heavy atom. The van der Waals surface area contributed by atoms with Crippen LogP contribution >= 0.6 is 12.2 Å². The molecule has 1 aliphatic rings. The molecule has 0 aliphatic carbocycles. The van der Waals surface area contributed by atoms with Gasteiger partial charge in [0, 0.05) is 31.6 Å². The molecule has 1 fully saturated rings. The van der Waals surface area contributed by atoms with Crippen LogP contribution in [0.2, 0.25) is 0 Å². The summed E-state index contributed by atoms with van der Waals surface area (Å²) in [7, 11) is 1.93. The lowest BCUT2D eigenvalue weighted by Gasteiger charge is -2.31. The van der Waals surface area contributed by atoms with E-state index in [1.54, 1.807) is 0 Å². The average molecular weight is 394 g/mol. The number of aryl methyl sites for hydroxylation is 1. The minimum absolute atomic E-state index is 0.0541. The molecular formula is C21H23N5OS. The highest BCUT2D eigenvalue weighted by atomic mass is 32.1. The normalized spacial score (nSPS) is 15.0. The van der Waals surface area contributed by atoms with Crippen LogP contribution in [-0.2, 0) is 7.05 Å². The number of pyridine rings is 1. The van der Waals surface area contributed by atoms with Gasteiger partial charge in [-0.15, -0.1) is 0 Å². The molecule has 3 heterocycles. The molecule has 144 valence electrons. The number of piperidine rings is 1. The van der Waals surface area contributed by atoms with Gasteiger partial charge in [0.15, 0.2) is 4.77 Å². The topological polar surface area (TPSA) is 66.8 Å². The molecule has 1 aliphatic heterocycles. The quantitative estimate of drug-likeness (QED) is 0.686. The van der Waals surface area contributed by atoms with Gasteiger partial charge < -0.3 is 9.47 Å². The Morgan fingerprint density at radius 2 is 1.86 bits per heavy atom. The van der Waals surface area contributed by atoms with E-state index in [1.807, 2.05) is 65.9 Å². The van der Waals surface area contributed by atoms with E-state index in [0.717, 1.165) is 35.6 Å². The van der Waals surface area contributed by atoms with E-state index in [4.69, 9.17) is 12.2 Å².